The summed E-state index contributed by atoms with van der Waals surface area (Å²) in [6.07, 6.45) is 1.26. The number of benzene rings is 2. The summed E-state index contributed by atoms with van der Waals surface area (Å²) in [6.45, 7) is 1.48. The van der Waals surface area contributed by atoms with Crippen LogP contribution in [0.5, 0.6) is 0 Å². The molecule has 0 saturated carbocycles. The maximum absolute atomic E-state index is 12.7. The molecular weight excluding hydrogens is 326 g/mol. The predicted octanol–water partition coefficient (Wildman–Crippen LogP) is 3.09. The van der Waals surface area contributed by atoms with Crippen LogP contribution < -0.4 is 5.32 Å². The molecule has 5 nitrogen and oxygen atoms in total. The van der Waals surface area contributed by atoms with Gasteiger partial charge < -0.3 is 10.1 Å². The summed E-state index contributed by atoms with van der Waals surface area (Å²) in [5.41, 5.74) is 1.92. The van der Waals surface area contributed by atoms with Gasteiger partial charge in [0.2, 0.25) is 0 Å². The van der Waals surface area contributed by atoms with Crippen LogP contribution in [0.4, 0.5) is 0 Å². The lowest BCUT2D eigenvalue weighted by Crippen LogP contribution is -2.47. The molecule has 0 spiro atoms. The number of fused-ring (bicyclic) bond motifs is 1. The Morgan fingerprint density at radius 2 is 1.69 bits per heavy atom. The fraction of sp³-hybridized carbons (Fsp3) is 0.286. The van der Waals surface area contributed by atoms with Crippen molar-refractivity contribution >= 4 is 16.9 Å². The fourth-order valence-electron chi connectivity index (χ4n) is 3.67. The maximum Gasteiger partial charge on any atom is 0.319 e. The van der Waals surface area contributed by atoms with Crippen LogP contribution in [0.2, 0.25) is 0 Å². The van der Waals surface area contributed by atoms with E-state index in [2.05, 4.69) is 5.32 Å². The standard InChI is InChI=1S/C21H21N3O2/c1-26-20(25)21(11-13-22-14-12-21)19-23-17-10-6-5-9-16(17)18(24-19)15-7-3-2-4-8-15/h2-10,22H,11-14H2,1H3. The monoisotopic (exact) mass is 347 g/mol. The molecule has 132 valence electrons. The van der Waals surface area contributed by atoms with E-state index in [4.69, 9.17) is 14.7 Å². The van der Waals surface area contributed by atoms with E-state index in [1.165, 1.54) is 7.11 Å². The van der Waals surface area contributed by atoms with Gasteiger partial charge in [0, 0.05) is 10.9 Å². The number of esters is 1. The van der Waals surface area contributed by atoms with Crippen LogP contribution >= 0.6 is 0 Å². The van der Waals surface area contributed by atoms with Gasteiger partial charge in [0.15, 0.2) is 0 Å². The molecule has 0 atom stereocenters. The highest BCUT2D eigenvalue weighted by Gasteiger charge is 2.45. The molecule has 0 unspecified atom stereocenters. The van der Waals surface area contributed by atoms with E-state index in [-0.39, 0.29) is 5.97 Å². The number of aromatic nitrogens is 2. The Balaban J connectivity index is 1.97. The SMILES string of the molecule is COC(=O)C1(c2nc(-c3ccccc3)c3ccccc3n2)CCNCC1. The zero-order chi connectivity index (χ0) is 18.0. The van der Waals surface area contributed by atoms with Gasteiger partial charge in [-0.3, -0.25) is 4.79 Å². The average molecular weight is 347 g/mol. The van der Waals surface area contributed by atoms with Crippen molar-refractivity contribution in [2.24, 2.45) is 0 Å². The number of methoxy groups -OCH3 is 1. The van der Waals surface area contributed by atoms with Crippen molar-refractivity contribution in [1.29, 1.82) is 0 Å². The largest absolute Gasteiger partial charge is 0.468 e. The predicted molar refractivity (Wildman–Crippen MR) is 101 cm³/mol. The molecule has 1 N–H and O–H groups in total. The minimum absolute atomic E-state index is 0.256. The van der Waals surface area contributed by atoms with Gasteiger partial charge in [0.1, 0.15) is 11.2 Å². The Kier molecular flexibility index (Phi) is 4.39. The molecule has 1 aliphatic rings. The van der Waals surface area contributed by atoms with Gasteiger partial charge >= 0.3 is 5.97 Å². The number of hydrogen-bond donors (Lipinski definition) is 1. The third kappa shape index (κ3) is 2.74. The maximum atomic E-state index is 12.7. The Bertz CT molecular complexity index is 934. The molecule has 1 aliphatic heterocycles. The smallest absolute Gasteiger partial charge is 0.319 e. The molecule has 0 radical (unpaired) electrons. The number of nitrogens with one attached hydrogen (secondary N) is 1. The highest BCUT2D eigenvalue weighted by Crippen LogP contribution is 2.36. The lowest BCUT2D eigenvalue weighted by molar-refractivity contribution is -0.149. The second-order valence-corrected chi connectivity index (χ2v) is 6.60. The van der Waals surface area contributed by atoms with Crippen molar-refractivity contribution in [3.05, 3.63) is 60.4 Å². The van der Waals surface area contributed by atoms with E-state index in [9.17, 15) is 4.79 Å². The van der Waals surface area contributed by atoms with Gasteiger partial charge in [0.25, 0.3) is 0 Å². The topological polar surface area (TPSA) is 64.1 Å². The molecule has 5 heteroatoms. The zero-order valence-corrected chi connectivity index (χ0v) is 14.7. The van der Waals surface area contributed by atoms with E-state index in [0.29, 0.717) is 18.7 Å². The van der Waals surface area contributed by atoms with Crippen LogP contribution in [0, 0.1) is 0 Å². The van der Waals surface area contributed by atoms with Crippen LogP contribution in [0.15, 0.2) is 54.6 Å². The normalized spacial score (nSPS) is 16.3. The van der Waals surface area contributed by atoms with Crippen LogP contribution in [0.1, 0.15) is 18.7 Å². The van der Waals surface area contributed by atoms with Gasteiger partial charge in [-0.1, -0.05) is 48.5 Å². The first-order valence-electron chi connectivity index (χ1n) is 8.86. The van der Waals surface area contributed by atoms with Crippen LogP contribution in [-0.4, -0.2) is 36.1 Å². The van der Waals surface area contributed by atoms with Crippen LogP contribution in [0.25, 0.3) is 22.2 Å². The summed E-state index contributed by atoms with van der Waals surface area (Å²) in [7, 11) is 1.44. The molecule has 2 heterocycles. The number of carbonyl (C=O) groups is 1. The molecule has 3 aromatic rings. The Morgan fingerprint density at radius 1 is 1.00 bits per heavy atom. The van der Waals surface area contributed by atoms with Crippen LogP contribution in [-0.2, 0) is 14.9 Å². The lowest BCUT2D eigenvalue weighted by atomic mass is 9.77. The summed E-state index contributed by atoms with van der Waals surface area (Å²) in [4.78, 5) is 22.4. The van der Waals surface area contributed by atoms with E-state index >= 15 is 0 Å². The molecule has 0 amide bonds. The summed E-state index contributed by atoms with van der Waals surface area (Å²) < 4.78 is 5.16. The Hall–Kier alpha value is -2.79. The second-order valence-electron chi connectivity index (χ2n) is 6.60. The quantitative estimate of drug-likeness (QED) is 0.738. The van der Waals surface area contributed by atoms with Crippen molar-refractivity contribution in [3.63, 3.8) is 0 Å². The lowest BCUT2D eigenvalue weighted by Gasteiger charge is -2.33. The number of para-hydroxylation sites is 1. The van der Waals surface area contributed by atoms with E-state index in [0.717, 1.165) is 35.2 Å². The first kappa shape index (κ1) is 16.7. The van der Waals surface area contributed by atoms with Gasteiger partial charge in [0.05, 0.1) is 18.3 Å². The van der Waals surface area contributed by atoms with E-state index in [1.807, 2.05) is 54.6 Å². The molecule has 1 fully saturated rings. The minimum atomic E-state index is -0.798. The zero-order valence-electron chi connectivity index (χ0n) is 14.7. The van der Waals surface area contributed by atoms with Gasteiger partial charge in [-0.25, -0.2) is 9.97 Å². The number of ether oxygens (including phenoxy) is 1. The van der Waals surface area contributed by atoms with Crippen molar-refractivity contribution in [2.75, 3.05) is 20.2 Å². The summed E-state index contributed by atoms with van der Waals surface area (Å²) >= 11 is 0. The summed E-state index contributed by atoms with van der Waals surface area (Å²) in [5.74, 6) is 0.302. The van der Waals surface area contributed by atoms with Crippen LogP contribution in [0.3, 0.4) is 0 Å². The third-order valence-electron chi connectivity index (χ3n) is 5.11. The second kappa shape index (κ2) is 6.84. The van der Waals surface area contributed by atoms with Crippen molar-refractivity contribution in [1.82, 2.24) is 15.3 Å². The summed E-state index contributed by atoms with van der Waals surface area (Å²) in [5, 5.41) is 4.29. The molecule has 1 saturated heterocycles. The van der Waals surface area contributed by atoms with Gasteiger partial charge in [-0.05, 0) is 32.0 Å². The number of piperidine rings is 1. The number of rotatable bonds is 3. The highest BCUT2D eigenvalue weighted by atomic mass is 16.5. The molecule has 0 aliphatic carbocycles. The minimum Gasteiger partial charge on any atom is -0.468 e. The van der Waals surface area contributed by atoms with E-state index in [1.54, 1.807) is 0 Å². The number of nitrogens with zero attached hydrogens (tertiary/aromatic N) is 2. The summed E-state index contributed by atoms with van der Waals surface area (Å²) in [6, 6.07) is 18.0. The van der Waals surface area contributed by atoms with E-state index < -0.39 is 5.41 Å². The third-order valence-corrected chi connectivity index (χ3v) is 5.11. The molecule has 26 heavy (non-hydrogen) atoms. The first-order valence-corrected chi connectivity index (χ1v) is 8.86. The van der Waals surface area contributed by atoms with Crippen molar-refractivity contribution in [3.8, 4) is 11.3 Å². The van der Waals surface area contributed by atoms with Crippen molar-refractivity contribution < 1.29 is 9.53 Å². The number of carbonyl (C=O) groups excluding carboxylic acids is 1. The van der Waals surface area contributed by atoms with Gasteiger partial charge in [-0.2, -0.15) is 0 Å². The Labute approximate surface area is 152 Å². The molecule has 4 rings (SSSR count). The first-order chi connectivity index (χ1) is 12.7. The van der Waals surface area contributed by atoms with Gasteiger partial charge in [-0.15, -0.1) is 0 Å². The average Bonchev–Trinajstić information content (AvgIpc) is 2.73. The molecule has 2 aromatic carbocycles. The number of hydrogen-bond acceptors (Lipinski definition) is 5. The van der Waals surface area contributed by atoms with Crippen molar-refractivity contribution in [2.45, 2.75) is 18.3 Å². The Morgan fingerprint density at radius 3 is 2.42 bits per heavy atom. The molecule has 0 bridgehead atoms. The molecule has 1 aromatic heterocycles. The fourth-order valence-corrected chi connectivity index (χ4v) is 3.67. The molecular formula is C21H21N3O2. The highest BCUT2D eigenvalue weighted by molar-refractivity contribution is 5.93.